The molecule has 1 aromatic carbocycles. The zero-order chi connectivity index (χ0) is 20.0. The van der Waals surface area contributed by atoms with Gasteiger partial charge in [-0.05, 0) is 49.9 Å². The van der Waals surface area contributed by atoms with E-state index >= 15 is 0 Å². The third-order valence-electron chi connectivity index (χ3n) is 5.59. The fraction of sp³-hybridized carbons (Fsp3) is 0.478. The molecule has 1 N–H and O–H groups in total. The van der Waals surface area contributed by atoms with Crippen molar-refractivity contribution < 1.29 is 9.53 Å². The fourth-order valence-corrected chi connectivity index (χ4v) is 4.01. The Morgan fingerprint density at radius 2 is 1.86 bits per heavy atom. The van der Waals surface area contributed by atoms with Gasteiger partial charge in [-0.2, -0.15) is 0 Å². The highest BCUT2D eigenvalue weighted by Gasteiger charge is 2.41. The number of carbonyl (C=O) groups is 1. The quantitative estimate of drug-likeness (QED) is 0.574. The molecule has 28 heavy (non-hydrogen) atoms. The number of halogens is 1. The smallest absolute Gasteiger partial charge is 0.235 e. The highest BCUT2D eigenvalue weighted by molar-refractivity contribution is 6.30. The Kier molecular flexibility index (Phi) is 6.95. The van der Waals surface area contributed by atoms with Gasteiger partial charge in [-0.25, -0.2) is 4.98 Å². The normalized spacial score (nSPS) is 15.8. The van der Waals surface area contributed by atoms with Gasteiger partial charge in [-0.15, -0.1) is 0 Å². The van der Waals surface area contributed by atoms with E-state index in [0.29, 0.717) is 17.5 Å². The topological polar surface area (TPSA) is 51.2 Å². The summed E-state index contributed by atoms with van der Waals surface area (Å²) in [5.41, 5.74) is 2.04. The lowest BCUT2D eigenvalue weighted by Gasteiger charge is -2.36. The van der Waals surface area contributed by atoms with Crippen LogP contribution in [0.1, 0.15) is 63.1 Å². The second kappa shape index (κ2) is 9.42. The summed E-state index contributed by atoms with van der Waals surface area (Å²) in [5.74, 6) is 0.646. The highest BCUT2D eigenvalue weighted by atomic mass is 35.5. The van der Waals surface area contributed by atoms with E-state index in [1.807, 2.05) is 43.3 Å². The van der Waals surface area contributed by atoms with Crippen LogP contribution in [0.5, 0.6) is 5.88 Å². The molecule has 0 atom stereocenters. The first-order valence-electron chi connectivity index (χ1n) is 10.2. The van der Waals surface area contributed by atoms with E-state index in [-0.39, 0.29) is 5.91 Å². The molecule has 0 spiro atoms. The van der Waals surface area contributed by atoms with Crippen molar-refractivity contribution in [2.45, 2.75) is 64.2 Å². The van der Waals surface area contributed by atoms with Crippen LogP contribution in [0.15, 0.2) is 36.4 Å². The molecule has 0 radical (unpaired) electrons. The number of pyridine rings is 1. The molecule has 1 saturated carbocycles. The number of carbonyl (C=O) groups excluding carboxylic acids is 1. The van der Waals surface area contributed by atoms with Gasteiger partial charge in [0.25, 0.3) is 0 Å². The third kappa shape index (κ3) is 4.67. The van der Waals surface area contributed by atoms with Crippen LogP contribution in [-0.4, -0.2) is 17.5 Å². The number of nitrogens with zero attached hydrogens (tertiary/aromatic N) is 1. The van der Waals surface area contributed by atoms with Crippen molar-refractivity contribution in [3.63, 3.8) is 0 Å². The maximum atomic E-state index is 13.4. The second-order valence-electron chi connectivity index (χ2n) is 7.59. The van der Waals surface area contributed by atoms with Crippen molar-refractivity contribution in [3.8, 4) is 5.88 Å². The van der Waals surface area contributed by atoms with Crippen LogP contribution in [0.2, 0.25) is 5.02 Å². The first-order chi connectivity index (χ1) is 13.5. The number of ether oxygens (including phenoxy) is 1. The fourth-order valence-electron chi connectivity index (χ4n) is 3.88. The Bertz CT molecular complexity index is 799. The van der Waals surface area contributed by atoms with Gasteiger partial charge in [0.2, 0.25) is 11.8 Å². The summed E-state index contributed by atoms with van der Waals surface area (Å²) in [4.78, 5) is 17.9. The van der Waals surface area contributed by atoms with Gasteiger partial charge in [0, 0.05) is 11.1 Å². The maximum absolute atomic E-state index is 13.4. The molecule has 0 aliphatic heterocycles. The van der Waals surface area contributed by atoms with Gasteiger partial charge < -0.3 is 10.1 Å². The minimum Gasteiger partial charge on any atom is -0.478 e. The maximum Gasteiger partial charge on any atom is 0.235 e. The van der Waals surface area contributed by atoms with Gasteiger partial charge >= 0.3 is 0 Å². The molecule has 1 aromatic heterocycles. The van der Waals surface area contributed by atoms with Crippen LogP contribution in [-0.2, 0) is 10.2 Å². The Labute approximate surface area is 172 Å². The van der Waals surface area contributed by atoms with Gasteiger partial charge in [0.1, 0.15) is 0 Å². The summed E-state index contributed by atoms with van der Waals surface area (Å²) in [5, 5.41) is 3.83. The van der Waals surface area contributed by atoms with Gasteiger partial charge in [0.05, 0.1) is 23.4 Å². The van der Waals surface area contributed by atoms with Crippen molar-refractivity contribution in [1.29, 1.82) is 0 Å². The predicted molar refractivity (Wildman–Crippen MR) is 114 cm³/mol. The van der Waals surface area contributed by atoms with Crippen molar-refractivity contribution in [3.05, 3.63) is 52.7 Å². The van der Waals surface area contributed by atoms with E-state index < -0.39 is 5.41 Å². The predicted octanol–water partition coefficient (Wildman–Crippen LogP) is 6.06. The first kappa shape index (κ1) is 20.7. The molecule has 0 bridgehead atoms. The summed E-state index contributed by atoms with van der Waals surface area (Å²) in [6.45, 7) is 4.69. The van der Waals surface area contributed by atoms with E-state index in [0.717, 1.165) is 55.5 Å². The van der Waals surface area contributed by atoms with Gasteiger partial charge in [-0.1, -0.05) is 56.3 Å². The van der Waals surface area contributed by atoms with Crippen LogP contribution >= 0.6 is 11.6 Å². The number of amides is 1. The SMILES string of the molecule is CCCCOc1ccc(NC(=O)C2(c3ccc(Cl)cc3)CCCCC2)c(C)n1. The highest BCUT2D eigenvalue weighted by Crippen LogP contribution is 2.41. The largest absolute Gasteiger partial charge is 0.478 e. The van der Waals surface area contributed by atoms with Crippen LogP contribution in [0.3, 0.4) is 0 Å². The number of rotatable bonds is 7. The monoisotopic (exact) mass is 400 g/mol. The van der Waals surface area contributed by atoms with Crippen LogP contribution in [0.4, 0.5) is 5.69 Å². The summed E-state index contributed by atoms with van der Waals surface area (Å²) in [7, 11) is 0. The summed E-state index contributed by atoms with van der Waals surface area (Å²) < 4.78 is 5.67. The molecular weight excluding hydrogens is 372 g/mol. The second-order valence-corrected chi connectivity index (χ2v) is 8.02. The molecule has 2 aromatic rings. The van der Waals surface area contributed by atoms with Gasteiger partial charge in [0.15, 0.2) is 0 Å². The molecule has 1 fully saturated rings. The lowest BCUT2D eigenvalue weighted by atomic mass is 9.68. The number of hydrogen-bond acceptors (Lipinski definition) is 3. The Balaban J connectivity index is 1.79. The molecule has 4 nitrogen and oxygen atoms in total. The van der Waals surface area contributed by atoms with Crippen molar-refractivity contribution in [1.82, 2.24) is 4.98 Å². The lowest BCUT2D eigenvalue weighted by Crippen LogP contribution is -2.42. The number of aryl methyl sites for hydroxylation is 1. The number of anilines is 1. The number of hydrogen-bond donors (Lipinski definition) is 1. The molecule has 150 valence electrons. The summed E-state index contributed by atoms with van der Waals surface area (Å²) in [6.07, 6.45) is 7.07. The van der Waals surface area contributed by atoms with E-state index in [1.54, 1.807) is 0 Å². The molecule has 3 rings (SSSR count). The average Bonchev–Trinajstić information content (AvgIpc) is 2.71. The number of unbranched alkanes of at least 4 members (excludes halogenated alkanes) is 1. The van der Waals surface area contributed by atoms with Crippen LogP contribution < -0.4 is 10.1 Å². The molecule has 5 heteroatoms. The standard InChI is InChI=1S/C23H29ClN2O2/c1-3-4-16-28-21-13-12-20(17(2)25-21)26-22(27)23(14-6-5-7-15-23)18-8-10-19(24)11-9-18/h8-13H,3-7,14-16H2,1-2H3,(H,26,27). The molecule has 1 heterocycles. The first-order valence-corrected chi connectivity index (χ1v) is 10.6. The van der Waals surface area contributed by atoms with E-state index in [1.165, 1.54) is 6.42 Å². The minimum atomic E-state index is -0.508. The molecule has 1 amide bonds. The average molecular weight is 401 g/mol. The number of benzene rings is 1. The zero-order valence-electron chi connectivity index (χ0n) is 16.8. The van der Waals surface area contributed by atoms with Crippen molar-refractivity contribution in [2.75, 3.05) is 11.9 Å². The van der Waals surface area contributed by atoms with Crippen molar-refractivity contribution >= 4 is 23.2 Å². The third-order valence-corrected chi connectivity index (χ3v) is 5.85. The Morgan fingerprint density at radius 1 is 1.14 bits per heavy atom. The van der Waals surface area contributed by atoms with Crippen LogP contribution in [0.25, 0.3) is 0 Å². The van der Waals surface area contributed by atoms with E-state index in [2.05, 4.69) is 17.2 Å². The van der Waals surface area contributed by atoms with Crippen LogP contribution in [0, 0.1) is 6.92 Å². The Morgan fingerprint density at radius 3 is 2.50 bits per heavy atom. The van der Waals surface area contributed by atoms with E-state index in [4.69, 9.17) is 16.3 Å². The molecule has 0 saturated heterocycles. The molecule has 0 unspecified atom stereocenters. The van der Waals surface area contributed by atoms with Gasteiger partial charge in [-0.3, -0.25) is 4.79 Å². The van der Waals surface area contributed by atoms with Crippen molar-refractivity contribution in [2.24, 2.45) is 0 Å². The number of nitrogens with one attached hydrogen (secondary N) is 1. The minimum absolute atomic E-state index is 0.0408. The Hall–Kier alpha value is -2.07. The molecular formula is C23H29ClN2O2. The molecule has 1 aliphatic carbocycles. The summed E-state index contributed by atoms with van der Waals surface area (Å²) >= 11 is 6.07. The van der Waals surface area contributed by atoms with E-state index in [9.17, 15) is 4.79 Å². The zero-order valence-corrected chi connectivity index (χ0v) is 17.5. The lowest BCUT2D eigenvalue weighted by molar-refractivity contribution is -0.122. The molecule has 1 aliphatic rings. The number of aromatic nitrogens is 1. The summed E-state index contributed by atoms with van der Waals surface area (Å²) in [6, 6.07) is 11.4.